The van der Waals surface area contributed by atoms with Gasteiger partial charge in [-0.2, -0.15) is 0 Å². The molecule has 3 nitrogen and oxygen atoms in total. The second kappa shape index (κ2) is 7.50. The number of anilines is 1. The molecule has 21 heavy (non-hydrogen) atoms. The highest BCUT2D eigenvalue weighted by molar-refractivity contribution is 9.10. The number of nitrogens with one attached hydrogen (secondary N) is 1. The molecular weight excluding hydrogens is 333 g/mol. The van der Waals surface area contributed by atoms with Crippen molar-refractivity contribution in [2.24, 2.45) is 0 Å². The number of nitrogens with zero attached hydrogens (tertiary/aromatic N) is 2. The molecular formula is C16H19BrFN3. The van der Waals surface area contributed by atoms with Gasteiger partial charge in [-0.1, -0.05) is 32.0 Å². The molecule has 5 heteroatoms. The molecule has 0 atom stereocenters. The molecule has 0 bridgehead atoms. The number of halogens is 2. The fourth-order valence-electron chi connectivity index (χ4n) is 2.03. The molecule has 0 spiro atoms. The maximum Gasteiger partial charge on any atom is 0.144 e. The van der Waals surface area contributed by atoms with Crippen molar-refractivity contribution in [2.75, 3.05) is 11.9 Å². The number of rotatable bonds is 6. The average Bonchev–Trinajstić information content (AvgIpc) is 2.49. The van der Waals surface area contributed by atoms with Gasteiger partial charge in [-0.05, 0) is 40.4 Å². The maximum atomic E-state index is 13.8. The molecule has 0 aliphatic heterocycles. The largest absolute Gasteiger partial charge is 0.369 e. The van der Waals surface area contributed by atoms with Crippen LogP contribution in [-0.2, 0) is 12.8 Å². The third-order valence-corrected chi connectivity index (χ3v) is 3.98. The van der Waals surface area contributed by atoms with Gasteiger partial charge in [-0.3, -0.25) is 0 Å². The fourth-order valence-corrected chi connectivity index (χ4v) is 2.63. The predicted octanol–water partition coefficient (Wildman–Crippen LogP) is 4.35. The molecule has 2 aromatic rings. The molecule has 1 N–H and O–H groups in total. The molecule has 0 amide bonds. The minimum atomic E-state index is -0.217. The van der Waals surface area contributed by atoms with E-state index in [0.29, 0.717) is 17.8 Å². The molecule has 1 heterocycles. The number of benzene rings is 1. The van der Waals surface area contributed by atoms with Crippen LogP contribution < -0.4 is 5.32 Å². The van der Waals surface area contributed by atoms with E-state index < -0.39 is 0 Å². The first-order chi connectivity index (χ1) is 10.2. The Labute approximate surface area is 133 Å². The molecule has 1 aromatic carbocycles. The topological polar surface area (TPSA) is 37.8 Å². The maximum absolute atomic E-state index is 13.8. The summed E-state index contributed by atoms with van der Waals surface area (Å²) in [6, 6.07) is 6.75. The minimum Gasteiger partial charge on any atom is -0.369 e. The van der Waals surface area contributed by atoms with Crippen LogP contribution >= 0.6 is 15.9 Å². The van der Waals surface area contributed by atoms with Gasteiger partial charge < -0.3 is 5.32 Å². The quantitative estimate of drug-likeness (QED) is 0.840. The average molecular weight is 352 g/mol. The second-order valence-electron chi connectivity index (χ2n) is 4.80. The van der Waals surface area contributed by atoms with Gasteiger partial charge in [-0.15, -0.1) is 0 Å². The van der Waals surface area contributed by atoms with Gasteiger partial charge in [0.2, 0.25) is 0 Å². The number of aromatic nitrogens is 2. The molecule has 112 valence electrons. The first kappa shape index (κ1) is 15.9. The van der Waals surface area contributed by atoms with Crippen LogP contribution in [0.3, 0.4) is 0 Å². The lowest BCUT2D eigenvalue weighted by Gasteiger charge is -2.12. The van der Waals surface area contributed by atoms with Gasteiger partial charge in [-0.25, -0.2) is 14.4 Å². The highest BCUT2D eigenvalue weighted by atomic mass is 79.9. The van der Waals surface area contributed by atoms with E-state index in [1.807, 2.05) is 13.0 Å². The lowest BCUT2D eigenvalue weighted by atomic mass is 10.1. The highest BCUT2D eigenvalue weighted by Gasteiger charge is 2.12. The van der Waals surface area contributed by atoms with Crippen LogP contribution in [0.15, 0.2) is 28.7 Å². The first-order valence-electron chi connectivity index (χ1n) is 7.18. The zero-order valence-corrected chi connectivity index (χ0v) is 13.9. The molecule has 1 aromatic heterocycles. The summed E-state index contributed by atoms with van der Waals surface area (Å²) in [6.45, 7) is 4.99. The third-order valence-electron chi connectivity index (χ3n) is 3.15. The van der Waals surface area contributed by atoms with Crippen LogP contribution in [0.5, 0.6) is 0 Å². The Morgan fingerprint density at radius 3 is 2.62 bits per heavy atom. The molecule has 0 radical (unpaired) electrons. The summed E-state index contributed by atoms with van der Waals surface area (Å²) in [5.41, 5.74) is 1.55. The Morgan fingerprint density at radius 1 is 1.19 bits per heavy atom. The lowest BCUT2D eigenvalue weighted by Crippen LogP contribution is -2.09. The van der Waals surface area contributed by atoms with Crippen molar-refractivity contribution in [3.8, 4) is 0 Å². The predicted molar refractivity (Wildman–Crippen MR) is 87.1 cm³/mol. The molecule has 0 fully saturated rings. The third kappa shape index (κ3) is 4.00. The van der Waals surface area contributed by atoms with E-state index in [9.17, 15) is 4.39 Å². The van der Waals surface area contributed by atoms with Gasteiger partial charge in [0.1, 0.15) is 17.5 Å². The van der Waals surface area contributed by atoms with Crippen molar-refractivity contribution in [3.05, 3.63) is 51.6 Å². The summed E-state index contributed by atoms with van der Waals surface area (Å²) in [5, 5.41) is 3.29. The zero-order valence-electron chi connectivity index (χ0n) is 12.3. The Kier molecular flexibility index (Phi) is 5.67. The van der Waals surface area contributed by atoms with E-state index in [0.717, 1.165) is 35.4 Å². The first-order valence-corrected chi connectivity index (χ1v) is 7.97. The minimum absolute atomic E-state index is 0.217. The van der Waals surface area contributed by atoms with Crippen LogP contribution in [-0.4, -0.2) is 16.5 Å². The van der Waals surface area contributed by atoms with Crippen LogP contribution in [0.2, 0.25) is 0 Å². The molecule has 0 aliphatic carbocycles. The number of aryl methyl sites for hydroxylation is 1. The zero-order chi connectivity index (χ0) is 15.2. The number of hydrogen-bond acceptors (Lipinski definition) is 3. The summed E-state index contributed by atoms with van der Waals surface area (Å²) in [7, 11) is 0. The Balaban J connectivity index is 2.33. The summed E-state index contributed by atoms with van der Waals surface area (Å²) in [4.78, 5) is 9.05. The smallest absolute Gasteiger partial charge is 0.144 e. The molecule has 2 rings (SSSR count). The Hall–Kier alpha value is -1.49. The van der Waals surface area contributed by atoms with E-state index >= 15 is 0 Å². The van der Waals surface area contributed by atoms with Crippen molar-refractivity contribution in [2.45, 2.75) is 33.1 Å². The van der Waals surface area contributed by atoms with E-state index in [1.54, 1.807) is 12.1 Å². The summed E-state index contributed by atoms with van der Waals surface area (Å²) in [6.07, 6.45) is 2.21. The Morgan fingerprint density at radius 2 is 1.95 bits per heavy atom. The van der Waals surface area contributed by atoms with Crippen LogP contribution in [0.4, 0.5) is 10.2 Å². The monoisotopic (exact) mass is 351 g/mol. The molecule has 0 unspecified atom stereocenters. The van der Waals surface area contributed by atoms with Crippen LogP contribution in [0.25, 0.3) is 0 Å². The van der Waals surface area contributed by atoms with Gasteiger partial charge in [0.25, 0.3) is 0 Å². The molecule has 0 saturated carbocycles. The van der Waals surface area contributed by atoms with Crippen molar-refractivity contribution in [1.82, 2.24) is 9.97 Å². The van der Waals surface area contributed by atoms with Gasteiger partial charge in [0, 0.05) is 13.0 Å². The van der Waals surface area contributed by atoms with Gasteiger partial charge in [0.05, 0.1) is 10.2 Å². The SMILES string of the molecule is CCCNc1nc(Cc2ccccc2F)nc(CC)c1Br. The fraction of sp³-hybridized carbons (Fsp3) is 0.375. The van der Waals surface area contributed by atoms with E-state index in [1.165, 1.54) is 6.07 Å². The summed E-state index contributed by atoms with van der Waals surface area (Å²) in [5.74, 6) is 1.21. The molecule has 0 saturated heterocycles. The molecule has 0 aliphatic rings. The van der Waals surface area contributed by atoms with Crippen LogP contribution in [0, 0.1) is 5.82 Å². The summed E-state index contributed by atoms with van der Waals surface area (Å²) >= 11 is 3.54. The van der Waals surface area contributed by atoms with Gasteiger partial charge in [0.15, 0.2) is 0 Å². The normalized spacial score (nSPS) is 10.7. The Bertz CT molecular complexity index is 616. The second-order valence-corrected chi connectivity index (χ2v) is 5.59. The van der Waals surface area contributed by atoms with Crippen molar-refractivity contribution >= 4 is 21.7 Å². The van der Waals surface area contributed by atoms with Crippen molar-refractivity contribution in [3.63, 3.8) is 0 Å². The van der Waals surface area contributed by atoms with E-state index in [4.69, 9.17) is 0 Å². The van der Waals surface area contributed by atoms with Gasteiger partial charge >= 0.3 is 0 Å². The number of hydrogen-bond donors (Lipinski definition) is 1. The highest BCUT2D eigenvalue weighted by Crippen LogP contribution is 2.25. The summed E-state index contributed by atoms with van der Waals surface area (Å²) < 4.78 is 14.7. The van der Waals surface area contributed by atoms with Crippen LogP contribution in [0.1, 0.15) is 37.4 Å². The van der Waals surface area contributed by atoms with E-state index in [2.05, 4.69) is 38.1 Å². The lowest BCUT2D eigenvalue weighted by molar-refractivity contribution is 0.612. The van der Waals surface area contributed by atoms with Crippen molar-refractivity contribution < 1.29 is 4.39 Å². The van der Waals surface area contributed by atoms with Crippen molar-refractivity contribution in [1.29, 1.82) is 0 Å². The standard InChI is InChI=1S/C16H19BrFN3/c1-3-9-19-16-15(17)13(4-2)20-14(21-16)10-11-7-5-6-8-12(11)18/h5-8H,3-4,9-10H2,1-2H3,(H,19,20,21). The van der Waals surface area contributed by atoms with E-state index in [-0.39, 0.29) is 5.82 Å².